The van der Waals surface area contributed by atoms with E-state index in [1.54, 1.807) is 24.5 Å². The van der Waals surface area contributed by atoms with Gasteiger partial charge in [-0.15, -0.1) is 0 Å². The van der Waals surface area contributed by atoms with Crippen LogP contribution in [0.3, 0.4) is 0 Å². The van der Waals surface area contributed by atoms with Crippen LogP contribution in [0.5, 0.6) is 0 Å². The Hall–Kier alpha value is -2.96. The van der Waals surface area contributed by atoms with E-state index in [-0.39, 0.29) is 24.1 Å². The molecule has 1 fully saturated rings. The van der Waals surface area contributed by atoms with Crippen molar-refractivity contribution in [2.75, 3.05) is 29.9 Å². The molecule has 27 heavy (non-hydrogen) atoms. The SMILES string of the molecule is O=C(CNc1ccccc1F)C[C@@H]1CCCN(c2ncnc3[nH]ccc23)C1. The minimum Gasteiger partial charge on any atom is -0.376 e. The second-order valence-corrected chi connectivity index (χ2v) is 6.97. The third-order valence-electron chi connectivity index (χ3n) is 5.02. The first-order valence-electron chi connectivity index (χ1n) is 9.24. The van der Waals surface area contributed by atoms with Gasteiger partial charge in [0.15, 0.2) is 5.78 Å². The lowest BCUT2D eigenvalue weighted by Crippen LogP contribution is -2.37. The molecule has 0 bridgehead atoms. The van der Waals surface area contributed by atoms with Crippen LogP contribution in [-0.4, -0.2) is 40.4 Å². The van der Waals surface area contributed by atoms with Gasteiger partial charge in [-0.3, -0.25) is 4.79 Å². The van der Waals surface area contributed by atoms with Crippen LogP contribution in [0.15, 0.2) is 42.9 Å². The Labute approximate surface area is 156 Å². The van der Waals surface area contributed by atoms with Crippen molar-refractivity contribution in [2.24, 2.45) is 5.92 Å². The quantitative estimate of drug-likeness (QED) is 0.699. The zero-order valence-corrected chi connectivity index (χ0v) is 15.0. The van der Waals surface area contributed by atoms with E-state index in [4.69, 9.17) is 0 Å². The highest BCUT2D eigenvalue weighted by atomic mass is 19.1. The van der Waals surface area contributed by atoms with Gasteiger partial charge in [0, 0.05) is 25.7 Å². The Balaban J connectivity index is 1.36. The third kappa shape index (κ3) is 3.92. The minimum atomic E-state index is -0.339. The number of Topliss-reactive ketones (excluding diaryl/α,β-unsaturated/α-hetero) is 1. The van der Waals surface area contributed by atoms with Crippen LogP contribution in [0, 0.1) is 11.7 Å². The standard InChI is InChI=1S/C20H22FN5O/c21-17-5-1-2-6-18(17)23-11-15(27)10-14-4-3-9-26(12-14)20-16-7-8-22-19(16)24-13-25-20/h1-2,5-8,13-14,23H,3-4,9-12H2,(H,22,24,25)/t14-/m0/s1. The maximum absolute atomic E-state index is 13.6. The van der Waals surface area contributed by atoms with E-state index in [0.29, 0.717) is 12.1 Å². The van der Waals surface area contributed by atoms with Gasteiger partial charge in [0.25, 0.3) is 0 Å². The Morgan fingerprint density at radius 3 is 3.07 bits per heavy atom. The first-order valence-corrected chi connectivity index (χ1v) is 9.24. The molecule has 6 nitrogen and oxygen atoms in total. The van der Waals surface area contributed by atoms with Crippen LogP contribution < -0.4 is 10.2 Å². The molecular weight excluding hydrogens is 345 g/mol. The van der Waals surface area contributed by atoms with E-state index in [2.05, 4.69) is 25.2 Å². The van der Waals surface area contributed by atoms with Gasteiger partial charge in [0.2, 0.25) is 0 Å². The number of hydrogen-bond acceptors (Lipinski definition) is 5. The van der Waals surface area contributed by atoms with Crippen molar-refractivity contribution >= 4 is 28.3 Å². The third-order valence-corrected chi connectivity index (χ3v) is 5.02. The molecule has 140 valence electrons. The molecule has 1 atom stereocenters. The fraction of sp³-hybridized carbons (Fsp3) is 0.350. The summed E-state index contributed by atoms with van der Waals surface area (Å²) in [7, 11) is 0. The van der Waals surface area contributed by atoms with Gasteiger partial charge in [0.1, 0.15) is 23.6 Å². The van der Waals surface area contributed by atoms with Crippen LogP contribution in [0.1, 0.15) is 19.3 Å². The summed E-state index contributed by atoms with van der Waals surface area (Å²) in [6, 6.07) is 8.39. The van der Waals surface area contributed by atoms with Gasteiger partial charge in [-0.1, -0.05) is 12.1 Å². The molecule has 0 amide bonds. The number of aromatic nitrogens is 3. The van der Waals surface area contributed by atoms with Crippen molar-refractivity contribution in [3.63, 3.8) is 0 Å². The highest BCUT2D eigenvalue weighted by Gasteiger charge is 2.24. The molecule has 1 aliphatic heterocycles. The molecule has 1 saturated heterocycles. The summed E-state index contributed by atoms with van der Waals surface area (Å²) < 4.78 is 13.6. The first kappa shape index (κ1) is 17.5. The Bertz CT molecular complexity index is 941. The average Bonchev–Trinajstić information content (AvgIpc) is 3.16. The van der Waals surface area contributed by atoms with Crippen LogP contribution in [0.25, 0.3) is 11.0 Å². The number of carbonyl (C=O) groups excluding carboxylic acids is 1. The predicted octanol–water partition coefficient (Wildman–Crippen LogP) is 3.38. The van der Waals surface area contributed by atoms with Crippen molar-refractivity contribution in [3.8, 4) is 0 Å². The summed E-state index contributed by atoms with van der Waals surface area (Å²) in [4.78, 5) is 26.4. The van der Waals surface area contributed by atoms with Gasteiger partial charge in [-0.2, -0.15) is 0 Å². The number of halogens is 1. The van der Waals surface area contributed by atoms with Crippen LogP contribution in [0.4, 0.5) is 15.9 Å². The topological polar surface area (TPSA) is 73.9 Å². The number of nitrogens with zero attached hydrogens (tertiary/aromatic N) is 3. The van der Waals surface area contributed by atoms with Crippen LogP contribution in [0.2, 0.25) is 0 Å². The number of rotatable bonds is 6. The number of fused-ring (bicyclic) bond motifs is 1. The Kier molecular flexibility index (Phi) is 5.00. The largest absolute Gasteiger partial charge is 0.376 e. The molecule has 0 radical (unpaired) electrons. The molecule has 0 spiro atoms. The first-order chi connectivity index (χ1) is 13.2. The van der Waals surface area contributed by atoms with Gasteiger partial charge >= 0.3 is 0 Å². The minimum absolute atomic E-state index is 0.0968. The van der Waals surface area contributed by atoms with E-state index in [0.717, 1.165) is 42.8 Å². The lowest BCUT2D eigenvalue weighted by atomic mass is 9.92. The maximum atomic E-state index is 13.6. The van der Waals surface area contributed by atoms with E-state index in [1.165, 1.54) is 6.07 Å². The number of piperidine rings is 1. The van der Waals surface area contributed by atoms with Crippen LogP contribution >= 0.6 is 0 Å². The fourth-order valence-electron chi connectivity index (χ4n) is 3.73. The monoisotopic (exact) mass is 367 g/mol. The molecule has 0 aliphatic carbocycles. The molecule has 0 saturated carbocycles. The number of benzene rings is 1. The molecule has 2 aromatic heterocycles. The number of ketones is 1. The molecule has 1 aromatic carbocycles. The zero-order chi connectivity index (χ0) is 18.6. The summed E-state index contributed by atoms with van der Waals surface area (Å²) in [5, 5.41) is 3.91. The number of H-pyrrole nitrogens is 1. The van der Waals surface area contributed by atoms with E-state index in [1.807, 2.05) is 12.3 Å². The average molecular weight is 367 g/mol. The normalized spacial score (nSPS) is 17.2. The summed E-state index contributed by atoms with van der Waals surface area (Å²) in [6.07, 6.45) is 5.96. The molecular formula is C20H22FN5O. The molecule has 2 N–H and O–H groups in total. The smallest absolute Gasteiger partial charge is 0.152 e. The van der Waals surface area contributed by atoms with Crippen molar-refractivity contribution in [1.29, 1.82) is 0 Å². The maximum Gasteiger partial charge on any atom is 0.152 e. The molecule has 4 rings (SSSR count). The van der Waals surface area contributed by atoms with Gasteiger partial charge < -0.3 is 15.2 Å². The summed E-state index contributed by atoms with van der Waals surface area (Å²) in [6.45, 7) is 1.87. The Morgan fingerprint density at radius 2 is 2.19 bits per heavy atom. The molecule has 0 unspecified atom stereocenters. The van der Waals surface area contributed by atoms with Crippen molar-refractivity contribution in [3.05, 3.63) is 48.7 Å². The number of nitrogens with one attached hydrogen (secondary N) is 2. The van der Waals surface area contributed by atoms with E-state index >= 15 is 0 Å². The van der Waals surface area contributed by atoms with Crippen molar-refractivity contribution in [2.45, 2.75) is 19.3 Å². The van der Waals surface area contributed by atoms with Gasteiger partial charge in [-0.25, -0.2) is 14.4 Å². The second kappa shape index (κ2) is 7.73. The van der Waals surface area contributed by atoms with E-state index < -0.39 is 0 Å². The van der Waals surface area contributed by atoms with Crippen LogP contribution in [-0.2, 0) is 4.79 Å². The lowest BCUT2D eigenvalue weighted by Gasteiger charge is -2.33. The molecule has 1 aliphatic rings. The summed E-state index contributed by atoms with van der Waals surface area (Å²) in [5.74, 6) is 0.952. The number of carbonyl (C=O) groups is 1. The highest BCUT2D eigenvalue weighted by molar-refractivity contribution is 5.87. The predicted molar refractivity (Wildman–Crippen MR) is 103 cm³/mol. The van der Waals surface area contributed by atoms with Gasteiger partial charge in [0.05, 0.1) is 17.6 Å². The molecule has 7 heteroatoms. The van der Waals surface area contributed by atoms with E-state index in [9.17, 15) is 9.18 Å². The lowest BCUT2D eigenvalue weighted by molar-refractivity contribution is -0.118. The molecule has 3 heterocycles. The number of anilines is 2. The molecule has 3 aromatic rings. The van der Waals surface area contributed by atoms with Crippen molar-refractivity contribution in [1.82, 2.24) is 15.0 Å². The highest BCUT2D eigenvalue weighted by Crippen LogP contribution is 2.28. The second-order valence-electron chi connectivity index (χ2n) is 6.97. The summed E-state index contributed by atoms with van der Waals surface area (Å²) in [5.41, 5.74) is 1.19. The fourth-order valence-corrected chi connectivity index (χ4v) is 3.73. The van der Waals surface area contributed by atoms with Crippen molar-refractivity contribution < 1.29 is 9.18 Å². The number of aromatic amines is 1. The summed E-state index contributed by atoms with van der Waals surface area (Å²) >= 11 is 0. The number of hydrogen-bond donors (Lipinski definition) is 2. The number of para-hydroxylation sites is 1. The zero-order valence-electron chi connectivity index (χ0n) is 15.0. The Morgan fingerprint density at radius 1 is 1.30 bits per heavy atom. The van der Waals surface area contributed by atoms with Gasteiger partial charge in [-0.05, 0) is 37.0 Å².